The summed E-state index contributed by atoms with van der Waals surface area (Å²) in [5.41, 5.74) is 2.44. The van der Waals surface area contributed by atoms with E-state index in [0.717, 1.165) is 0 Å². The van der Waals surface area contributed by atoms with Gasteiger partial charge >= 0.3 is 0 Å². The second kappa shape index (κ2) is 5.36. The summed E-state index contributed by atoms with van der Waals surface area (Å²) < 4.78 is 1.17. The lowest BCUT2D eigenvalue weighted by Crippen LogP contribution is -2.22. The highest BCUT2D eigenvalue weighted by atomic mass is 79.9. The van der Waals surface area contributed by atoms with Gasteiger partial charge in [-0.25, -0.2) is 0 Å². The van der Waals surface area contributed by atoms with E-state index in [0.29, 0.717) is 0 Å². The highest BCUT2D eigenvalue weighted by molar-refractivity contribution is 9.11. The van der Waals surface area contributed by atoms with Crippen LogP contribution in [-0.2, 0) is 5.41 Å². The van der Waals surface area contributed by atoms with Gasteiger partial charge in [0, 0.05) is 10.3 Å². The fraction of sp³-hybridized carbons (Fsp3) is 0.333. The molecule has 0 aliphatic heterocycles. The van der Waals surface area contributed by atoms with Gasteiger partial charge in [-0.1, -0.05) is 44.2 Å². The molecule has 0 nitrogen and oxygen atoms in total. The van der Waals surface area contributed by atoms with Crippen LogP contribution in [0.1, 0.15) is 35.2 Å². The van der Waals surface area contributed by atoms with Crippen molar-refractivity contribution in [3.63, 3.8) is 0 Å². The van der Waals surface area contributed by atoms with Crippen LogP contribution in [0.5, 0.6) is 0 Å². The first-order valence-corrected chi connectivity index (χ1v) is 7.93. The van der Waals surface area contributed by atoms with E-state index in [1.807, 2.05) is 6.07 Å². The number of halogens is 2. The average Bonchev–Trinajstić information content (AvgIpc) is 2.69. The molecular weight excluding hydrogens is 328 g/mol. The van der Waals surface area contributed by atoms with Crippen molar-refractivity contribution in [3.8, 4) is 0 Å². The first kappa shape index (κ1) is 14.1. The molecule has 1 heterocycles. The summed E-state index contributed by atoms with van der Waals surface area (Å²) in [5, 5.41) is -0.0186. The Kier molecular flexibility index (Phi) is 4.20. The molecule has 0 spiro atoms. The number of hydrogen-bond acceptors (Lipinski definition) is 1. The zero-order valence-corrected chi connectivity index (χ0v) is 13.9. The summed E-state index contributed by atoms with van der Waals surface area (Å²) in [4.78, 5) is 1.22. The Bertz CT molecular complexity index is 511. The van der Waals surface area contributed by atoms with E-state index in [1.54, 1.807) is 11.3 Å². The third-order valence-electron chi connectivity index (χ3n) is 3.28. The molecule has 0 radical (unpaired) electrons. The molecule has 0 aliphatic rings. The van der Waals surface area contributed by atoms with Crippen LogP contribution in [0.2, 0.25) is 0 Å². The fourth-order valence-corrected chi connectivity index (χ4v) is 4.04. The van der Waals surface area contributed by atoms with Gasteiger partial charge in [0.15, 0.2) is 0 Å². The zero-order chi connectivity index (χ0) is 13.3. The predicted molar refractivity (Wildman–Crippen MR) is 84.8 cm³/mol. The van der Waals surface area contributed by atoms with E-state index in [2.05, 4.69) is 67.0 Å². The quantitative estimate of drug-likeness (QED) is 0.593. The molecule has 0 bridgehead atoms. The Morgan fingerprint density at radius 3 is 2.33 bits per heavy atom. The van der Waals surface area contributed by atoms with Crippen molar-refractivity contribution in [1.82, 2.24) is 0 Å². The summed E-state index contributed by atoms with van der Waals surface area (Å²) in [6.45, 7) is 6.50. The van der Waals surface area contributed by atoms with E-state index < -0.39 is 0 Å². The molecule has 0 fully saturated rings. The van der Waals surface area contributed by atoms with Gasteiger partial charge in [0.2, 0.25) is 0 Å². The van der Waals surface area contributed by atoms with Crippen LogP contribution in [0.25, 0.3) is 0 Å². The molecule has 1 atom stereocenters. The van der Waals surface area contributed by atoms with Crippen LogP contribution in [0.4, 0.5) is 0 Å². The lowest BCUT2D eigenvalue weighted by molar-refractivity contribution is 0.509. The number of aryl methyl sites for hydroxylation is 1. The minimum atomic E-state index is -0.0838. The Hall–Kier alpha value is -0.310. The third-order valence-corrected chi connectivity index (χ3v) is 6.39. The molecule has 0 amide bonds. The SMILES string of the molecule is Cc1cc(C(Cl)C(C)(C)c2ccccc2)sc1Br. The molecule has 2 aromatic rings. The average molecular weight is 344 g/mol. The van der Waals surface area contributed by atoms with Crippen LogP contribution >= 0.6 is 38.9 Å². The Balaban J connectivity index is 2.35. The van der Waals surface area contributed by atoms with Gasteiger partial charge in [-0.15, -0.1) is 22.9 Å². The molecule has 3 heteroatoms. The molecule has 0 aliphatic carbocycles. The van der Waals surface area contributed by atoms with Crippen molar-refractivity contribution in [1.29, 1.82) is 0 Å². The van der Waals surface area contributed by atoms with Gasteiger partial charge in [-0.3, -0.25) is 0 Å². The van der Waals surface area contributed by atoms with Gasteiger partial charge < -0.3 is 0 Å². The summed E-state index contributed by atoms with van der Waals surface area (Å²) >= 11 is 12.0. The molecule has 0 saturated heterocycles. The number of hydrogen-bond donors (Lipinski definition) is 0. The second-order valence-electron chi connectivity index (χ2n) is 5.06. The van der Waals surface area contributed by atoms with Crippen molar-refractivity contribution in [2.45, 2.75) is 31.6 Å². The number of rotatable bonds is 3. The first-order chi connectivity index (χ1) is 8.43. The van der Waals surface area contributed by atoms with Gasteiger partial charge in [-0.2, -0.15) is 0 Å². The highest BCUT2D eigenvalue weighted by Crippen LogP contribution is 2.45. The maximum atomic E-state index is 6.71. The van der Waals surface area contributed by atoms with Crippen molar-refractivity contribution in [2.75, 3.05) is 0 Å². The Labute approximate surface area is 126 Å². The van der Waals surface area contributed by atoms with Crippen molar-refractivity contribution in [3.05, 3.63) is 56.2 Å². The number of benzene rings is 1. The van der Waals surface area contributed by atoms with E-state index in [-0.39, 0.29) is 10.8 Å². The second-order valence-corrected chi connectivity index (χ2v) is 7.89. The fourth-order valence-electron chi connectivity index (χ4n) is 1.98. The van der Waals surface area contributed by atoms with Crippen molar-refractivity contribution >= 4 is 38.9 Å². The van der Waals surface area contributed by atoms with E-state index in [9.17, 15) is 0 Å². The summed E-state index contributed by atoms with van der Waals surface area (Å²) in [6.07, 6.45) is 0. The largest absolute Gasteiger partial charge is 0.131 e. The molecule has 2 rings (SSSR count). The molecule has 1 aromatic heterocycles. The minimum Gasteiger partial charge on any atom is -0.131 e. The standard InChI is InChI=1S/C15H16BrClS/c1-10-9-12(18-14(10)16)13(17)15(2,3)11-7-5-4-6-8-11/h4-9,13H,1-3H3. The summed E-state index contributed by atoms with van der Waals surface area (Å²) in [5.74, 6) is 0. The Morgan fingerprint density at radius 2 is 1.83 bits per heavy atom. The topological polar surface area (TPSA) is 0 Å². The van der Waals surface area contributed by atoms with E-state index in [1.165, 1.54) is 19.8 Å². The molecule has 18 heavy (non-hydrogen) atoms. The first-order valence-electron chi connectivity index (χ1n) is 5.88. The monoisotopic (exact) mass is 342 g/mol. The summed E-state index contributed by atoms with van der Waals surface area (Å²) in [7, 11) is 0. The van der Waals surface area contributed by atoms with Gasteiger partial charge in [0.25, 0.3) is 0 Å². The van der Waals surface area contributed by atoms with Crippen molar-refractivity contribution < 1.29 is 0 Å². The highest BCUT2D eigenvalue weighted by Gasteiger charge is 2.32. The predicted octanol–water partition coefficient (Wildman–Crippen LogP) is 6.08. The van der Waals surface area contributed by atoms with Gasteiger partial charge in [-0.05, 0) is 40.0 Å². The summed E-state index contributed by atoms with van der Waals surface area (Å²) in [6, 6.07) is 12.6. The third kappa shape index (κ3) is 2.66. The maximum absolute atomic E-state index is 6.71. The molecule has 0 saturated carbocycles. The number of alkyl halides is 1. The molecule has 0 N–H and O–H groups in total. The lowest BCUT2D eigenvalue weighted by atomic mass is 9.80. The van der Waals surface area contributed by atoms with E-state index in [4.69, 9.17) is 11.6 Å². The van der Waals surface area contributed by atoms with Crippen LogP contribution in [0.15, 0.2) is 40.2 Å². The van der Waals surface area contributed by atoms with Gasteiger partial charge in [0.1, 0.15) is 0 Å². The Morgan fingerprint density at radius 1 is 1.22 bits per heavy atom. The van der Waals surface area contributed by atoms with Crippen LogP contribution in [0, 0.1) is 6.92 Å². The zero-order valence-electron chi connectivity index (χ0n) is 10.7. The molecule has 1 unspecified atom stereocenters. The smallest absolute Gasteiger partial charge is 0.0770 e. The molecule has 1 aromatic carbocycles. The van der Waals surface area contributed by atoms with Crippen LogP contribution in [0.3, 0.4) is 0 Å². The van der Waals surface area contributed by atoms with Crippen molar-refractivity contribution in [2.24, 2.45) is 0 Å². The van der Waals surface area contributed by atoms with Gasteiger partial charge in [0.05, 0.1) is 9.16 Å². The normalized spacial score (nSPS) is 13.6. The molecule has 96 valence electrons. The maximum Gasteiger partial charge on any atom is 0.0770 e. The number of thiophene rings is 1. The lowest BCUT2D eigenvalue weighted by Gasteiger charge is -2.30. The minimum absolute atomic E-state index is 0.0186. The van der Waals surface area contributed by atoms with E-state index >= 15 is 0 Å². The van der Waals surface area contributed by atoms with Crippen LogP contribution < -0.4 is 0 Å². The molecular formula is C15H16BrClS. The van der Waals surface area contributed by atoms with Crippen LogP contribution in [-0.4, -0.2) is 0 Å².